The molecule has 0 bridgehead atoms. The normalized spacial score (nSPS) is 16.6. The number of methoxy groups -OCH3 is 2. The average Bonchev–Trinajstić information content (AvgIpc) is 3.12. The van der Waals surface area contributed by atoms with Crippen molar-refractivity contribution in [1.82, 2.24) is 4.98 Å². The van der Waals surface area contributed by atoms with Crippen LogP contribution >= 0.6 is 0 Å². The maximum atomic E-state index is 9.61. The summed E-state index contributed by atoms with van der Waals surface area (Å²) in [6, 6.07) is 5.88. The van der Waals surface area contributed by atoms with Crippen LogP contribution in [0.2, 0.25) is 6.32 Å². The fourth-order valence-corrected chi connectivity index (χ4v) is 3.14. The van der Waals surface area contributed by atoms with E-state index >= 15 is 0 Å². The first-order valence-corrected chi connectivity index (χ1v) is 8.80. The number of pyridine rings is 1. The molecule has 0 radical (unpaired) electrons. The van der Waals surface area contributed by atoms with Gasteiger partial charge in [0, 0.05) is 36.0 Å². The average molecular weight is 357 g/mol. The Labute approximate surface area is 154 Å². The summed E-state index contributed by atoms with van der Waals surface area (Å²) in [5.41, 5.74) is 2.84. The second-order valence-electron chi connectivity index (χ2n) is 6.25. The van der Waals surface area contributed by atoms with E-state index in [1.165, 1.54) is 0 Å². The second kappa shape index (κ2) is 8.42. The van der Waals surface area contributed by atoms with Crippen molar-refractivity contribution in [2.45, 2.75) is 25.6 Å². The van der Waals surface area contributed by atoms with Gasteiger partial charge in [0.05, 0.1) is 20.8 Å². The SMILES string of the molecule is CCCOc1c(OC)ccc(-c2cncc(C3COB(O)C3)c2)c1OC. The molecule has 1 aliphatic rings. The molecule has 0 saturated carbocycles. The zero-order valence-corrected chi connectivity index (χ0v) is 15.4. The van der Waals surface area contributed by atoms with Crippen molar-refractivity contribution in [1.29, 1.82) is 0 Å². The summed E-state index contributed by atoms with van der Waals surface area (Å²) in [6.45, 7) is 3.12. The van der Waals surface area contributed by atoms with Crippen LogP contribution in [0.5, 0.6) is 17.2 Å². The van der Waals surface area contributed by atoms with Crippen LogP contribution in [0.1, 0.15) is 24.8 Å². The third-order valence-electron chi connectivity index (χ3n) is 4.47. The lowest BCUT2D eigenvalue weighted by Gasteiger charge is -2.18. The number of aromatic nitrogens is 1. The Morgan fingerprint density at radius 3 is 2.73 bits per heavy atom. The largest absolute Gasteiger partial charge is 0.493 e. The van der Waals surface area contributed by atoms with E-state index in [1.54, 1.807) is 20.4 Å². The topological polar surface area (TPSA) is 70.0 Å². The van der Waals surface area contributed by atoms with Crippen LogP contribution in [-0.2, 0) is 4.65 Å². The Bertz CT molecular complexity index is 755. The van der Waals surface area contributed by atoms with E-state index in [0.29, 0.717) is 36.8 Å². The molecule has 7 heteroatoms. The first-order valence-electron chi connectivity index (χ1n) is 8.80. The first kappa shape index (κ1) is 18.5. The molecule has 0 aliphatic carbocycles. The second-order valence-corrected chi connectivity index (χ2v) is 6.25. The Hall–Kier alpha value is -2.25. The summed E-state index contributed by atoms with van der Waals surface area (Å²) in [5, 5.41) is 9.61. The monoisotopic (exact) mass is 357 g/mol. The quantitative estimate of drug-likeness (QED) is 0.768. The van der Waals surface area contributed by atoms with Crippen LogP contribution in [0.25, 0.3) is 11.1 Å². The highest BCUT2D eigenvalue weighted by Crippen LogP contribution is 2.45. The van der Waals surface area contributed by atoms with Crippen molar-refractivity contribution < 1.29 is 23.9 Å². The van der Waals surface area contributed by atoms with Crippen LogP contribution in [0.15, 0.2) is 30.6 Å². The highest BCUT2D eigenvalue weighted by molar-refractivity contribution is 6.43. The number of hydrogen-bond donors (Lipinski definition) is 1. The molecule has 1 unspecified atom stereocenters. The van der Waals surface area contributed by atoms with Gasteiger partial charge in [0.15, 0.2) is 11.5 Å². The molecule has 1 aromatic heterocycles. The number of ether oxygens (including phenoxy) is 3. The molecule has 1 aliphatic heterocycles. The number of benzene rings is 1. The van der Waals surface area contributed by atoms with Crippen molar-refractivity contribution in [2.24, 2.45) is 0 Å². The molecule has 2 heterocycles. The number of nitrogens with zero attached hydrogens (tertiary/aromatic N) is 1. The zero-order valence-electron chi connectivity index (χ0n) is 15.4. The smallest absolute Gasteiger partial charge is 0.454 e. The van der Waals surface area contributed by atoms with Gasteiger partial charge in [-0.1, -0.05) is 6.92 Å². The van der Waals surface area contributed by atoms with E-state index in [4.69, 9.17) is 18.9 Å². The minimum Gasteiger partial charge on any atom is -0.493 e. The summed E-state index contributed by atoms with van der Waals surface area (Å²) in [4.78, 5) is 4.38. The third kappa shape index (κ3) is 3.79. The lowest BCUT2D eigenvalue weighted by Crippen LogP contribution is -2.07. The van der Waals surface area contributed by atoms with Crippen LogP contribution in [0.3, 0.4) is 0 Å². The summed E-state index contributed by atoms with van der Waals surface area (Å²) >= 11 is 0. The lowest BCUT2D eigenvalue weighted by atomic mass is 9.79. The molecule has 3 rings (SSSR count). The molecular weight excluding hydrogens is 333 g/mol. The summed E-state index contributed by atoms with van der Waals surface area (Å²) in [7, 11) is 2.53. The zero-order chi connectivity index (χ0) is 18.5. The van der Waals surface area contributed by atoms with E-state index in [2.05, 4.69) is 11.1 Å². The molecule has 0 amide bonds. The minimum absolute atomic E-state index is 0.137. The molecular formula is C19H24BNO5. The maximum absolute atomic E-state index is 9.61. The van der Waals surface area contributed by atoms with Gasteiger partial charge in [-0.2, -0.15) is 0 Å². The minimum atomic E-state index is -0.701. The fourth-order valence-electron chi connectivity index (χ4n) is 3.14. The summed E-state index contributed by atoms with van der Waals surface area (Å²) in [5.74, 6) is 1.99. The Kier molecular flexibility index (Phi) is 6.01. The van der Waals surface area contributed by atoms with Crippen LogP contribution in [0.4, 0.5) is 0 Å². The lowest BCUT2D eigenvalue weighted by molar-refractivity contribution is 0.275. The Balaban J connectivity index is 2.00. The van der Waals surface area contributed by atoms with Gasteiger partial charge >= 0.3 is 7.12 Å². The number of rotatable bonds is 7. The van der Waals surface area contributed by atoms with Crippen molar-refractivity contribution in [3.05, 3.63) is 36.2 Å². The van der Waals surface area contributed by atoms with Gasteiger partial charge in [0.1, 0.15) is 0 Å². The van der Waals surface area contributed by atoms with Gasteiger partial charge in [-0.25, -0.2) is 0 Å². The van der Waals surface area contributed by atoms with Gasteiger partial charge in [0.25, 0.3) is 0 Å². The van der Waals surface area contributed by atoms with E-state index in [1.807, 2.05) is 25.3 Å². The van der Waals surface area contributed by atoms with Crippen LogP contribution in [-0.4, -0.2) is 44.6 Å². The molecule has 138 valence electrons. The van der Waals surface area contributed by atoms with Crippen molar-refractivity contribution >= 4 is 7.12 Å². The van der Waals surface area contributed by atoms with Gasteiger partial charge in [-0.3, -0.25) is 4.98 Å². The predicted octanol–water partition coefficient (Wildman–Crippen LogP) is 3.15. The Morgan fingerprint density at radius 1 is 1.23 bits per heavy atom. The Morgan fingerprint density at radius 2 is 2.08 bits per heavy atom. The number of hydrogen-bond acceptors (Lipinski definition) is 6. The summed E-state index contributed by atoms with van der Waals surface area (Å²) in [6.07, 6.45) is 5.08. The molecule has 26 heavy (non-hydrogen) atoms. The molecule has 1 saturated heterocycles. The van der Waals surface area contributed by atoms with Crippen molar-refractivity contribution in [2.75, 3.05) is 27.4 Å². The maximum Gasteiger partial charge on any atom is 0.454 e. The molecule has 1 atom stereocenters. The van der Waals surface area contributed by atoms with Crippen molar-refractivity contribution in [3.8, 4) is 28.4 Å². The van der Waals surface area contributed by atoms with E-state index in [9.17, 15) is 5.02 Å². The van der Waals surface area contributed by atoms with E-state index in [0.717, 1.165) is 23.1 Å². The molecule has 0 spiro atoms. The highest BCUT2D eigenvalue weighted by atomic mass is 16.5. The van der Waals surface area contributed by atoms with Gasteiger partial charge in [-0.05, 0) is 36.5 Å². The third-order valence-corrected chi connectivity index (χ3v) is 4.47. The predicted molar refractivity (Wildman–Crippen MR) is 100 cm³/mol. The molecule has 2 aromatic rings. The molecule has 6 nitrogen and oxygen atoms in total. The molecule has 1 fully saturated rings. The fraction of sp³-hybridized carbons (Fsp3) is 0.421. The van der Waals surface area contributed by atoms with Crippen LogP contribution < -0.4 is 14.2 Å². The first-order chi connectivity index (χ1) is 12.7. The van der Waals surface area contributed by atoms with Gasteiger partial charge < -0.3 is 23.9 Å². The van der Waals surface area contributed by atoms with E-state index < -0.39 is 7.12 Å². The summed E-state index contributed by atoms with van der Waals surface area (Å²) < 4.78 is 22.2. The van der Waals surface area contributed by atoms with Crippen LogP contribution in [0, 0.1) is 0 Å². The highest BCUT2D eigenvalue weighted by Gasteiger charge is 2.30. The standard InChI is InChI=1S/C19H24BNO5/c1-4-7-25-19-17(23-2)6-5-16(18(19)24-3)14-8-13(10-21-11-14)15-9-20(22)26-12-15/h5-6,8,10-11,15,22H,4,7,9,12H2,1-3H3. The molecule has 1 N–H and O–H groups in total. The van der Waals surface area contributed by atoms with E-state index in [-0.39, 0.29) is 5.92 Å². The van der Waals surface area contributed by atoms with Gasteiger partial charge in [-0.15, -0.1) is 0 Å². The molecule has 1 aromatic carbocycles. The van der Waals surface area contributed by atoms with Crippen molar-refractivity contribution in [3.63, 3.8) is 0 Å². The van der Waals surface area contributed by atoms with Gasteiger partial charge in [0.2, 0.25) is 5.75 Å².